The number of fused-ring (bicyclic) bond motifs is 6. The van der Waals surface area contributed by atoms with Crippen LogP contribution in [0.25, 0.3) is 100 Å². The van der Waals surface area contributed by atoms with Crippen LogP contribution in [-0.2, 0) is 0 Å². The molecule has 3 heterocycles. The number of benzene rings is 8. The molecule has 0 atom stereocenters. The molecule has 0 unspecified atom stereocenters. The summed E-state index contributed by atoms with van der Waals surface area (Å²) in [5.74, 6) is 1.64. The lowest BCUT2D eigenvalue weighted by Gasteiger charge is -2.22. The van der Waals surface area contributed by atoms with Gasteiger partial charge in [-0.05, 0) is 94.4 Å². The van der Waals surface area contributed by atoms with Crippen LogP contribution in [-0.4, -0.2) is 24.1 Å². The molecular formula is C56H40N6. The van der Waals surface area contributed by atoms with Crippen molar-refractivity contribution in [1.82, 2.24) is 24.1 Å². The van der Waals surface area contributed by atoms with Gasteiger partial charge < -0.3 is 9.13 Å². The molecule has 8 aromatic carbocycles. The van der Waals surface area contributed by atoms with Crippen molar-refractivity contribution in [1.29, 1.82) is 5.26 Å². The van der Waals surface area contributed by atoms with Crippen LogP contribution in [0.5, 0.6) is 0 Å². The normalized spacial score (nSPS) is 11.5. The number of nitriles is 1. The lowest BCUT2D eigenvalue weighted by molar-refractivity contribution is 1.07. The minimum absolute atomic E-state index is 0.508. The van der Waals surface area contributed by atoms with Crippen LogP contribution in [0.3, 0.4) is 0 Å². The van der Waals surface area contributed by atoms with E-state index < -0.39 is 0 Å². The number of hydrogen-bond acceptors (Lipinski definition) is 4. The maximum absolute atomic E-state index is 11.3. The smallest absolute Gasteiger partial charge is 0.164 e. The van der Waals surface area contributed by atoms with Crippen LogP contribution >= 0.6 is 0 Å². The molecule has 0 saturated carbocycles. The van der Waals surface area contributed by atoms with Crippen molar-refractivity contribution in [3.05, 3.63) is 198 Å². The highest BCUT2D eigenvalue weighted by Crippen LogP contribution is 2.46. The summed E-state index contributed by atoms with van der Waals surface area (Å²) in [5.41, 5.74) is 15.5. The molecule has 0 radical (unpaired) electrons. The topological polar surface area (TPSA) is 72.3 Å². The molecule has 294 valence electrons. The number of aryl methyl sites for hydroxylation is 4. The minimum atomic E-state index is 0.508. The average Bonchev–Trinajstić information content (AvgIpc) is 3.79. The maximum Gasteiger partial charge on any atom is 0.164 e. The Kier molecular flexibility index (Phi) is 8.66. The Balaban J connectivity index is 1.32. The Morgan fingerprint density at radius 3 is 1.19 bits per heavy atom. The van der Waals surface area contributed by atoms with Gasteiger partial charge in [-0.3, -0.25) is 0 Å². The molecule has 6 nitrogen and oxygen atoms in total. The van der Waals surface area contributed by atoms with E-state index in [9.17, 15) is 5.26 Å². The molecule has 11 rings (SSSR count). The number of hydrogen-bond donors (Lipinski definition) is 0. The molecule has 0 N–H and O–H groups in total. The quantitative estimate of drug-likeness (QED) is 0.168. The summed E-state index contributed by atoms with van der Waals surface area (Å²) in [6, 6.07) is 61.8. The summed E-state index contributed by atoms with van der Waals surface area (Å²) >= 11 is 0. The summed E-state index contributed by atoms with van der Waals surface area (Å²) in [6.45, 7) is 8.56. The van der Waals surface area contributed by atoms with Gasteiger partial charge in [0.05, 0.1) is 45.1 Å². The zero-order chi connectivity index (χ0) is 42.1. The van der Waals surface area contributed by atoms with Crippen LogP contribution in [0.15, 0.2) is 170 Å². The lowest BCUT2D eigenvalue weighted by Crippen LogP contribution is -2.07. The Morgan fingerprint density at radius 2 is 0.774 bits per heavy atom. The number of aromatic nitrogens is 5. The van der Waals surface area contributed by atoms with Gasteiger partial charge in [-0.15, -0.1) is 0 Å². The predicted molar refractivity (Wildman–Crippen MR) is 254 cm³/mol. The first-order valence-corrected chi connectivity index (χ1v) is 20.9. The largest absolute Gasteiger partial charge is 0.309 e. The van der Waals surface area contributed by atoms with Crippen LogP contribution in [0.4, 0.5) is 0 Å². The highest BCUT2D eigenvalue weighted by Gasteiger charge is 2.27. The van der Waals surface area contributed by atoms with E-state index in [4.69, 9.17) is 15.0 Å². The van der Waals surface area contributed by atoms with E-state index in [1.54, 1.807) is 0 Å². The molecule has 0 spiro atoms. The Hall–Kier alpha value is -8.14. The molecule has 0 saturated heterocycles. The van der Waals surface area contributed by atoms with E-state index in [0.717, 1.165) is 72.0 Å². The monoisotopic (exact) mass is 796 g/mol. The second-order valence-corrected chi connectivity index (χ2v) is 16.3. The van der Waals surface area contributed by atoms with Gasteiger partial charge in [-0.25, -0.2) is 15.0 Å². The van der Waals surface area contributed by atoms with Crippen LogP contribution < -0.4 is 0 Å². The van der Waals surface area contributed by atoms with Gasteiger partial charge in [0, 0.05) is 49.4 Å². The van der Waals surface area contributed by atoms with Gasteiger partial charge in [-0.2, -0.15) is 5.26 Å². The van der Waals surface area contributed by atoms with Crippen molar-refractivity contribution >= 4 is 43.6 Å². The molecule has 6 heteroatoms. The van der Waals surface area contributed by atoms with Gasteiger partial charge in [-0.1, -0.05) is 125 Å². The van der Waals surface area contributed by atoms with Gasteiger partial charge in [0.25, 0.3) is 0 Å². The molecular weight excluding hydrogens is 757 g/mol. The van der Waals surface area contributed by atoms with Gasteiger partial charge in [0.1, 0.15) is 0 Å². The minimum Gasteiger partial charge on any atom is -0.309 e. The van der Waals surface area contributed by atoms with Crippen LogP contribution in [0.2, 0.25) is 0 Å². The van der Waals surface area contributed by atoms with Crippen molar-refractivity contribution in [3.8, 4) is 62.7 Å². The van der Waals surface area contributed by atoms with E-state index in [1.807, 2.05) is 72.8 Å². The van der Waals surface area contributed by atoms with E-state index in [2.05, 4.69) is 140 Å². The third kappa shape index (κ3) is 5.97. The van der Waals surface area contributed by atoms with Crippen LogP contribution in [0.1, 0.15) is 27.8 Å². The fourth-order valence-corrected chi connectivity index (χ4v) is 9.21. The van der Waals surface area contributed by atoms with E-state index >= 15 is 0 Å². The summed E-state index contributed by atoms with van der Waals surface area (Å²) in [6.07, 6.45) is 0. The Labute approximate surface area is 359 Å². The fourth-order valence-electron chi connectivity index (χ4n) is 9.21. The van der Waals surface area contributed by atoms with Crippen molar-refractivity contribution in [2.75, 3.05) is 0 Å². The SMILES string of the molecule is Cc1ccc2c(c1)c1cc(C)ccc1n2-c1cccc(C#N)c1-c1c(-c2nc(-c3ccccc3)nc(-c3ccccc3)n2)cccc1-n1c2ccc(C)cc2c2cc(C)ccc21. The molecule has 0 bridgehead atoms. The fraction of sp³-hybridized carbons (Fsp3) is 0.0714. The maximum atomic E-state index is 11.3. The average molecular weight is 797 g/mol. The van der Waals surface area contributed by atoms with Crippen molar-refractivity contribution in [2.45, 2.75) is 27.7 Å². The molecule has 0 aliphatic heterocycles. The zero-order valence-electron chi connectivity index (χ0n) is 34.8. The van der Waals surface area contributed by atoms with E-state index in [1.165, 1.54) is 33.0 Å². The molecule has 62 heavy (non-hydrogen) atoms. The van der Waals surface area contributed by atoms with Gasteiger partial charge in [0.2, 0.25) is 0 Å². The number of nitrogens with zero attached hydrogens (tertiary/aromatic N) is 6. The molecule has 0 aliphatic carbocycles. The summed E-state index contributed by atoms with van der Waals surface area (Å²) in [7, 11) is 0. The van der Waals surface area contributed by atoms with E-state index in [-0.39, 0.29) is 0 Å². The second-order valence-electron chi connectivity index (χ2n) is 16.3. The van der Waals surface area contributed by atoms with Crippen molar-refractivity contribution in [2.24, 2.45) is 0 Å². The first-order valence-electron chi connectivity index (χ1n) is 20.9. The van der Waals surface area contributed by atoms with E-state index in [0.29, 0.717) is 23.0 Å². The molecule has 11 aromatic rings. The summed E-state index contributed by atoms with van der Waals surface area (Å²) in [4.78, 5) is 15.7. The first kappa shape index (κ1) is 36.9. The summed E-state index contributed by atoms with van der Waals surface area (Å²) < 4.78 is 4.69. The molecule has 3 aromatic heterocycles. The third-order valence-corrected chi connectivity index (χ3v) is 12.0. The first-order chi connectivity index (χ1) is 30.3. The zero-order valence-corrected chi connectivity index (χ0v) is 34.8. The molecule has 0 amide bonds. The highest BCUT2D eigenvalue weighted by molar-refractivity contribution is 6.13. The number of rotatable bonds is 6. The standard InChI is InChI=1S/C56H40N6/c1-34-21-25-46-42(29-34)43-30-35(2)22-26-47(43)61(46)50-19-11-17-40(33-57)52(50)53-41(56-59-54(38-13-7-5-8-14-38)58-55(60-56)39-15-9-6-10-16-39)18-12-20-51(53)62-48-27-23-36(3)31-44(48)45-32-37(4)24-28-49(45)62/h5-32H,1-4H3. The third-order valence-electron chi connectivity index (χ3n) is 12.0. The van der Waals surface area contributed by atoms with Gasteiger partial charge in [0.15, 0.2) is 17.5 Å². The van der Waals surface area contributed by atoms with Gasteiger partial charge >= 0.3 is 0 Å². The second kappa shape index (κ2) is 14.5. The van der Waals surface area contributed by atoms with Crippen molar-refractivity contribution in [3.63, 3.8) is 0 Å². The predicted octanol–water partition coefficient (Wildman–Crippen LogP) is 13.8. The Bertz CT molecular complexity index is 3450. The highest BCUT2D eigenvalue weighted by atomic mass is 15.0. The lowest BCUT2D eigenvalue weighted by atomic mass is 9.91. The molecule has 0 aliphatic rings. The Morgan fingerprint density at radius 1 is 0.387 bits per heavy atom. The summed E-state index contributed by atoms with van der Waals surface area (Å²) in [5, 5.41) is 15.9. The molecule has 0 fully saturated rings. The van der Waals surface area contributed by atoms with Crippen LogP contribution in [0, 0.1) is 39.0 Å². The van der Waals surface area contributed by atoms with Crippen molar-refractivity contribution < 1.29 is 0 Å².